The van der Waals surface area contributed by atoms with E-state index in [2.05, 4.69) is 10.6 Å². The highest BCUT2D eigenvalue weighted by atomic mass is 16.6. The minimum atomic E-state index is -0.967. The summed E-state index contributed by atoms with van der Waals surface area (Å²) in [5.41, 5.74) is 1.80. The maximum atomic E-state index is 13.7. The summed E-state index contributed by atoms with van der Waals surface area (Å²) in [4.78, 5) is 52.6. The zero-order valence-corrected chi connectivity index (χ0v) is 23.2. The van der Waals surface area contributed by atoms with Crippen LogP contribution in [0.5, 0.6) is 0 Å². The Morgan fingerprint density at radius 3 is 2.11 bits per heavy atom. The number of carbonyl (C=O) groups is 4. The molecule has 3 amide bonds. The molecule has 0 aliphatic carbocycles. The van der Waals surface area contributed by atoms with E-state index >= 15 is 0 Å². The Morgan fingerprint density at radius 2 is 1.61 bits per heavy atom. The van der Waals surface area contributed by atoms with Crippen LogP contribution in [-0.2, 0) is 23.9 Å². The highest BCUT2D eigenvalue weighted by molar-refractivity contribution is 5.92. The molecule has 2 N–H and O–H groups in total. The molecule has 36 heavy (non-hydrogen) atoms. The Hall–Kier alpha value is -3.10. The van der Waals surface area contributed by atoms with Crippen LogP contribution in [0.1, 0.15) is 77.1 Å². The third kappa shape index (κ3) is 9.87. The van der Waals surface area contributed by atoms with Crippen LogP contribution in [0.15, 0.2) is 18.2 Å². The number of likely N-dealkylation sites (N-methyl/N-ethyl adjacent to an activating group) is 1. The molecule has 0 saturated heterocycles. The number of hydrogen-bond acceptors (Lipinski definition) is 6. The van der Waals surface area contributed by atoms with Crippen LogP contribution < -0.4 is 10.6 Å². The lowest BCUT2D eigenvalue weighted by Gasteiger charge is -2.33. The van der Waals surface area contributed by atoms with Crippen LogP contribution >= 0.6 is 0 Å². The van der Waals surface area contributed by atoms with Gasteiger partial charge in [-0.1, -0.05) is 49.6 Å². The molecule has 0 aliphatic heterocycles. The molecule has 1 rings (SSSR count). The molecule has 0 aliphatic rings. The lowest BCUT2D eigenvalue weighted by Crippen LogP contribution is -2.54. The minimum absolute atomic E-state index is 0.0203. The van der Waals surface area contributed by atoms with Crippen molar-refractivity contribution in [3.8, 4) is 0 Å². The first-order chi connectivity index (χ1) is 16.7. The van der Waals surface area contributed by atoms with E-state index < -0.39 is 41.6 Å². The average Bonchev–Trinajstić information content (AvgIpc) is 2.74. The second kappa shape index (κ2) is 13.8. The number of ether oxygens (including phenoxy) is 2. The van der Waals surface area contributed by atoms with E-state index in [1.165, 1.54) is 4.90 Å². The Bertz CT molecular complexity index is 904. The molecular weight excluding hydrogens is 462 g/mol. The molecule has 9 nitrogen and oxygen atoms in total. The number of esters is 1. The topological polar surface area (TPSA) is 114 Å². The van der Waals surface area contributed by atoms with Gasteiger partial charge in [-0.15, -0.1) is 0 Å². The molecule has 0 aromatic heterocycles. The van der Waals surface area contributed by atoms with Crippen molar-refractivity contribution in [2.75, 3.05) is 20.2 Å². The first-order valence-corrected chi connectivity index (χ1v) is 12.5. The fraction of sp³-hybridized carbons (Fsp3) is 0.630. The third-order valence-electron chi connectivity index (χ3n) is 5.63. The van der Waals surface area contributed by atoms with E-state index in [1.807, 2.05) is 45.9 Å². The molecule has 0 heterocycles. The SMILES string of the molecule is CCOC(=O)CCNC(=O)C(c1cc(C)cc(C)c1)N(C)C(=O)C(NC(=O)OC(C)(C)C)C(C)CC. The van der Waals surface area contributed by atoms with Crippen molar-refractivity contribution in [2.45, 2.75) is 85.9 Å². The van der Waals surface area contributed by atoms with Crippen LogP contribution in [0.4, 0.5) is 4.79 Å². The predicted molar refractivity (Wildman–Crippen MR) is 138 cm³/mol. The summed E-state index contributed by atoms with van der Waals surface area (Å²) >= 11 is 0. The van der Waals surface area contributed by atoms with Crippen molar-refractivity contribution in [3.63, 3.8) is 0 Å². The molecule has 1 aromatic rings. The second-order valence-corrected chi connectivity index (χ2v) is 10.1. The maximum absolute atomic E-state index is 13.7. The van der Waals surface area contributed by atoms with E-state index in [4.69, 9.17) is 9.47 Å². The van der Waals surface area contributed by atoms with Gasteiger partial charge in [0.2, 0.25) is 11.8 Å². The Morgan fingerprint density at radius 1 is 1.03 bits per heavy atom. The third-order valence-corrected chi connectivity index (χ3v) is 5.63. The van der Waals surface area contributed by atoms with Crippen molar-refractivity contribution in [1.29, 1.82) is 0 Å². The molecule has 0 radical (unpaired) electrons. The summed E-state index contributed by atoms with van der Waals surface area (Å²) in [5.74, 6) is -1.47. The number of hydrogen-bond donors (Lipinski definition) is 2. The summed E-state index contributed by atoms with van der Waals surface area (Å²) in [7, 11) is 1.54. The van der Waals surface area contributed by atoms with Crippen molar-refractivity contribution in [1.82, 2.24) is 15.5 Å². The molecule has 1 aromatic carbocycles. The van der Waals surface area contributed by atoms with Crippen molar-refractivity contribution in [2.24, 2.45) is 5.92 Å². The van der Waals surface area contributed by atoms with Gasteiger partial charge in [0.05, 0.1) is 13.0 Å². The number of amides is 3. The van der Waals surface area contributed by atoms with Crippen LogP contribution in [0.3, 0.4) is 0 Å². The lowest BCUT2D eigenvalue weighted by molar-refractivity contribution is -0.144. The predicted octanol–water partition coefficient (Wildman–Crippen LogP) is 3.81. The largest absolute Gasteiger partial charge is 0.466 e. The number of nitrogens with zero attached hydrogens (tertiary/aromatic N) is 1. The van der Waals surface area contributed by atoms with Gasteiger partial charge in [-0.05, 0) is 53.0 Å². The van der Waals surface area contributed by atoms with Gasteiger partial charge in [-0.2, -0.15) is 0 Å². The quantitative estimate of drug-likeness (QED) is 0.442. The van der Waals surface area contributed by atoms with Gasteiger partial charge in [0, 0.05) is 13.6 Å². The Balaban J connectivity index is 3.27. The highest BCUT2D eigenvalue weighted by Crippen LogP contribution is 2.25. The standard InChI is InChI=1S/C27H43N3O6/c1-10-19(5)22(29-26(34)36-27(6,7)8)25(33)30(9)23(20-15-17(3)14-18(4)16-20)24(32)28-13-12-21(31)35-11-2/h14-16,19,22-23H,10-13H2,1-9H3,(H,28,32)(H,29,34). The number of aryl methyl sites for hydroxylation is 2. The maximum Gasteiger partial charge on any atom is 0.408 e. The summed E-state index contributed by atoms with van der Waals surface area (Å²) in [6.45, 7) is 14.9. The van der Waals surface area contributed by atoms with Gasteiger partial charge in [-0.25, -0.2) is 4.79 Å². The minimum Gasteiger partial charge on any atom is -0.466 e. The molecular formula is C27H43N3O6. The molecule has 0 spiro atoms. The molecule has 9 heteroatoms. The second-order valence-electron chi connectivity index (χ2n) is 10.1. The highest BCUT2D eigenvalue weighted by Gasteiger charge is 2.36. The summed E-state index contributed by atoms with van der Waals surface area (Å²) < 4.78 is 10.3. The van der Waals surface area contributed by atoms with Gasteiger partial charge in [-0.3, -0.25) is 14.4 Å². The zero-order chi connectivity index (χ0) is 27.6. The van der Waals surface area contributed by atoms with Crippen molar-refractivity contribution >= 4 is 23.9 Å². The molecule has 3 atom stereocenters. The van der Waals surface area contributed by atoms with E-state index in [1.54, 1.807) is 34.7 Å². The van der Waals surface area contributed by atoms with Crippen molar-refractivity contribution < 1.29 is 28.7 Å². The van der Waals surface area contributed by atoms with Gasteiger partial charge in [0.15, 0.2) is 0 Å². The fourth-order valence-corrected chi connectivity index (χ4v) is 3.80. The average molecular weight is 506 g/mol. The van der Waals surface area contributed by atoms with Crippen LogP contribution in [0.25, 0.3) is 0 Å². The lowest BCUT2D eigenvalue weighted by atomic mass is 9.95. The molecule has 0 saturated carbocycles. The first-order valence-electron chi connectivity index (χ1n) is 12.5. The number of benzene rings is 1. The number of alkyl carbamates (subject to hydrolysis) is 1. The van der Waals surface area contributed by atoms with E-state index in [0.717, 1.165) is 11.1 Å². The van der Waals surface area contributed by atoms with Crippen molar-refractivity contribution in [3.05, 3.63) is 34.9 Å². The van der Waals surface area contributed by atoms with Crippen LogP contribution in [0.2, 0.25) is 0 Å². The van der Waals surface area contributed by atoms with Gasteiger partial charge >= 0.3 is 12.1 Å². The van der Waals surface area contributed by atoms with E-state index in [-0.39, 0.29) is 25.5 Å². The normalized spacial score (nSPS) is 13.7. The van der Waals surface area contributed by atoms with Gasteiger partial charge < -0.3 is 25.0 Å². The number of rotatable bonds is 11. The molecule has 202 valence electrons. The summed E-state index contributed by atoms with van der Waals surface area (Å²) in [6.07, 6.45) is -0.0525. The molecule has 0 bridgehead atoms. The Kier molecular flexibility index (Phi) is 11.9. The Labute approximate surface area is 215 Å². The smallest absolute Gasteiger partial charge is 0.408 e. The molecule has 3 unspecified atom stereocenters. The van der Waals surface area contributed by atoms with Crippen LogP contribution in [0, 0.1) is 19.8 Å². The summed E-state index contributed by atoms with van der Waals surface area (Å²) in [5, 5.41) is 5.45. The fourth-order valence-electron chi connectivity index (χ4n) is 3.80. The van der Waals surface area contributed by atoms with Crippen LogP contribution in [-0.4, -0.2) is 60.6 Å². The van der Waals surface area contributed by atoms with Gasteiger partial charge in [0.1, 0.15) is 17.7 Å². The number of nitrogens with one attached hydrogen (secondary N) is 2. The first kappa shape index (κ1) is 30.9. The van der Waals surface area contributed by atoms with E-state index in [9.17, 15) is 19.2 Å². The number of carbonyl (C=O) groups excluding carboxylic acids is 4. The van der Waals surface area contributed by atoms with E-state index in [0.29, 0.717) is 12.0 Å². The van der Waals surface area contributed by atoms with Gasteiger partial charge in [0.25, 0.3) is 0 Å². The molecule has 0 fully saturated rings. The monoisotopic (exact) mass is 505 g/mol. The summed E-state index contributed by atoms with van der Waals surface area (Å²) in [6, 6.07) is 3.83. The zero-order valence-electron chi connectivity index (χ0n) is 23.2.